The Hall–Kier alpha value is -1.31. The number of hydrogen-bond acceptors (Lipinski definition) is 1. The van der Waals surface area contributed by atoms with Gasteiger partial charge in [-0.25, -0.2) is 0 Å². The van der Waals surface area contributed by atoms with Crippen LogP contribution in [0.25, 0.3) is 0 Å². The van der Waals surface area contributed by atoms with Gasteiger partial charge in [-0.1, -0.05) is 30.3 Å². The Labute approximate surface area is 83.6 Å². The van der Waals surface area contributed by atoms with Gasteiger partial charge >= 0.3 is 5.97 Å². The number of carboxylic acid groups (broad SMARTS) is 1. The molecular weight excluding hydrogens is 176 g/mol. The van der Waals surface area contributed by atoms with E-state index >= 15 is 0 Å². The Morgan fingerprint density at radius 1 is 1.21 bits per heavy atom. The zero-order chi connectivity index (χ0) is 9.97. The van der Waals surface area contributed by atoms with E-state index in [1.54, 1.807) is 0 Å². The fourth-order valence-corrected chi connectivity index (χ4v) is 2.23. The van der Waals surface area contributed by atoms with E-state index in [-0.39, 0.29) is 5.92 Å². The fraction of sp³-hybridized carbons (Fsp3) is 0.417. The number of aliphatic carboxylic acids is 1. The van der Waals surface area contributed by atoms with Crippen molar-refractivity contribution < 1.29 is 9.90 Å². The molecule has 0 heterocycles. The van der Waals surface area contributed by atoms with E-state index in [9.17, 15) is 4.79 Å². The van der Waals surface area contributed by atoms with Crippen molar-refractivity contribution in [2.75, 3.05) is 0 Å². The van der Waals surface area contributed by atoms with Crippen LogP contribution in [-0.2, 0) is 4.79 Å². The Bertz CT molecular complexity index is 318. The van der Waals surface area contributed by atoms with E-state index in [2.05, 4.69) is 12.1 Å². The first-order chi connectivity index (χ1) is 6.77. The van der Waals surface area contributed by atoms with Crippen LogP contribution in [-0.4, -0.2) is 11.1 Å². The Balaban J connectivity index is 2.06. The largest absolute Gasteiger partial charge is 0.481 e. The van der Waals surface area contributed by atoms with Crippen LogP contribution in [0.5, 0.6) is 0 Å². The van der Waals surface area contributed by atoms with Gasteiger partial charge in [0, 0.05) is 0 Å². The monoisotopic (exact) mass is 190 g/mol. The maximum atomic E-state index is 10.8. The van der Waals surface area contributed by atoms with Crippen LogP contribution in [0.15, 0.2) is 30.3 Å². The third-order valence-corrected chi connectivity index (χ3v) is 3.05. The van der Waals surface area contributed by atoms with E-state index in [0.29, 0.717) is 5.92 Å². The van der Waals surface area contributed by atoms with Crippen molar-refractivity contribution in [3.05, 3.63) is 35.9 Å². The Morgan fingerprint density at radius 3 is 2.50 bits per heavy atom. The molecule has 2 nitrogen and oxygen atoms in total. The van der Waals surface area contributed by atoms with Gasteiger partial charge in [0.15, 0.2) is 0 Å². The molecule has 0 saturated heterocycles. The first kappa shape index (κ1) is 9.25. The molecular formula is C12H14O2. The average Bonchev–Trinajstić information content (AvgIpc) is 2.68. The molecule has 0 spiro atoms. The second-order valence-corrected chi connectivity index (χ2v) is 3.96. The molecule has 1 aliphatic rings. The summed E-state index contributed by atoms with van der Waals surface area (Å²) in [6.45, 7) is 0. The maximum absolute atomic E-state index is 10.8. The Kier molecular flexibility index (Phi) is 2.53. The summed E-state index contributed by atoms with van der Waals surface area (Å²) < 4.78 is 0. The fourth-order valence-electron chi connectivity index (χ4n) is 2.23. The van der Waals surface area contributed by atoms with Crippen LogP contribution in [0.2, 0.25) is 0 Å². The number of carboxylic acids is 1. The van der Waals surface area contributed by atoms with Crippen molar-refractivity contribution in [3.63, 3.8) is 0 Å². The highest BCUT2D eigenvalue weighted by molar-refractivity contribution is 5.70. The van der Waals surface area contributed by atoms with Gasteiger partial charge in [0.25, 0.3) is 0 Å². The van der Waals surface area contributed by atoms with E-state index in [0.717, 1.165) is 19.3 Å². The minimum Gasteiger partial charge on any atom is -0.481 e. The minimum absolute atomic E-state index is 0.125. The van der Waals surface area contributed by atoms with Crippen LogP contribution >= 0.6 is 0 Å². The van der Waals surface area contributed by atoms with Gasteiger partial charge in [0.05, 0.1) is 5.92 Å². The molecule has 0 radical (unpaired) electrons. The van der Waals surface area contributed by atoms with Crippen LogP contribution < -0.4 is 0 Å². The first-order valence-electron chi connectivity index (χ1n) is 5.05. The van der Waals surface area contributed by atoms with Crippen molar-refractivity contribution in [1.82, 2.24) is 0 Å². The molecule has 74 valence electrons. The highest BCUT2D eigenvalue weighted by Crippen LogP contribution is 2.38. The third kappa shape index (κ3) is 1.79. The summed E-state index contributed by atoms with van der Waals surface area (Å²) >= 11 is 0. The standard InChI is InChI=1S/C12H14O2/c13-12(14)11-7-6-10(8-11)9-4-2-1-3-5-9/h1-5,10-11H,6-8H2,(H,13,14)/t10-,11-/m1/s1. The predicted molar refractivity (Wildman–Crippen MR) is 54.2 cm³/mol. The second kappa shape index (κ2) is 3.82. The van der Waals surface area contributed by atoms with Crippen molar-refractivity contribution in [1.29, 1.82) is 0 Å². The molecule has 1 N–H and O–H groups in total. The molecule has 0 bridgehead atoms. The van der Waals surface area contributed by atoms with E-state index in [4.69, 9.17) is 5.11 Å². The SMILES string of the molecule is O=C(O)[C@@H]1CC[C@@H](c2ccccc2)C1. The van der Waals surface area contributed by atoms with E-state index < -0.39 is 5.97 Å². The van der Waals surface area contributed by atoms with Crippen LogP contribution in [0.1, 0.15) is 30.7 Å². The molecule has 2 heteroatoms. The zero-order valence-corrected chi connectivity index (χ0v) is 8.02. The molecule has 1 aromatic carbocycles. The number of hydrogen-bond donors (Lipinski definition) is 1. The molecule has 1 fully saturated rings. The van der Waals surface area contributed by atoms with Gasteiger partial charge in [0.2, 0.25) is 0 Å². The summed E-state index contributed by atoms with van der Waals surface area (Å²) in [6.07, 6.45) is 2.65. The molecule has 14 heavy (non-hydrogen) atoms. The highest BCUT2D eigenvalue weighted by Gasteiger charge is 2.30. The summed E-state index contributed by atoms with van der Waals surface area (Å²) in [4.78, 5) is 10.8. The van der Waals surface area contributed by atoms with Gasteiger partial charge in [-0.05, 0) is 30.7 Å². The quantitative estimate of drug-likeness (QED) is 0.778. The maximum Gasteiger partial charge on any atom is 0.306 e. The van der Waals surface area contributed by atoms with Crippen molar-refractivity contribution in [2.24, 2.45) is 5.92 Å². The van der Waals surface area contributed by atoms with E-state index in [1.807, 2.05) is 18.2 Å². The predicted octanol–water partition coefficient (Wildman–Crippen LogP) is 2.65. The van der Waals surface area contributed by atoms with Gasteiger partial charge in [-0.2, -0.15) is 0 Å². The molecule has 2 rings (SSSR count). The third-order valence-electron chi connectivity index (χ3n) is 3.05. The molecule has 0 aromatic heterocycles. The van der Waals surface area contributed by atoms with Gasteiger partial charge < -0.3 is 5.11 Å². The van der Waals surface area contributed by atoms with Gasteiger partial charge in [0.1, 0.15) is 0 Å². The summed E-state index contributed by atoms with van der Waals surface area (Å²) in [7, 11) is 0. The smallest absolute Gasteiger partial charge is 0.306 e. The lowest BCUT2D eigenvalue weighted by Crippen LogP contribution is -2.09. The van der Waals surface area contributed by atoms with Gasteiger partial charge in [-0.3, -0.25) is 4.79 Å². The number of carbonyl (C=O) groups is 1. The van der Waals surface area contributed by atoms with Crippen LogP contribution in [0.3, 0.4) is 0 Å². The highest BCUT2D eigenvalue weighted by atomic mass is 16.4. The molecule has 1 saturated carbocycles. The molecule has 1 aromatic rings. The lowest BCUT2D eigenvalue weighted by atomic mass is 9.96. The summed E-state index contributed by atoms with van der Waals surface area (Å²) in [5.41, 5.74) is 1.29. The van der Waals surface area contributed by atoms with Crippen molar-refractivity contribution >= 4 is 5.97 Å². The summed E-state index contributed by atoms with van der Waals surface area (Å²) in [6, 6.07) is 10.2. The van der Waals surface area contributed by atoms with Crippen molar-refractivity contribution in [3.8, 4) is 0 Å². The summed E-state index contributed by atoms with van der Waals surface area (Å²) in [5, 5.41) is 8.88. The molecule has 2 atom stereocenters. The summed E-state index contributed by atoms with van der Waals surface area (Å²) in [5.74, 6) is -0.305. The Morgan fingerprint density at radius 2 is 1.93 bits per heavy atom. The zero-order valence-electron chi connectivity index (χ0n) is 8.02. The normalized spacial score (nSPS) is 26.3. The van der Waals surface area contributed by atoms with Crippen LogP contribution in [0, 0.1) is 5.92 Å². The average molecular weight is 190 g/mol. The van der Waals surface area contributed by atoms with Gasteiger partial charge in [-0.15, -0.1) is 0 Å². The van der Waals surface area contributed by atoms with Crippen molar-refractivity contribution in [2.45, 2.75) is 25.2 Å². The lowest BCUT2D eigenvalue weighted by molar-refractivity contribution is -0.141. The van der Waals surface area contributed by atoms with E-state index in [1.165, 1.54) is 5.56 Å². The first-order valence-corrected chi connectivity index (χ1v) is 5.05. The molecule has 0 amide bonds. The minimum atomic E-state index is -0.636. The topological polar surface area (TPSA) is 37.3 Å². The second-order valence-electron chi connectivity index (χ2n) is 3.96. The number of rotatable bonds is 2. The molecule has 0 aliphatic heterocycles. The lowest BCUT2D eigenvalue weighted by Gasteiger charge is -2.08. The molecule has 1 aliphatic carbocycles. The number of benzene rings is 1. The van der Waals surface area contributed by atoms with Crippen LogP contribution in [0.4, 0.5) is 0 Å². The molecule has 0 unspecified atom stereocenters.